The fourth-order valence-electron chi connectivity index (χ4n) is 4.05. The summed E-state index contributed by atoms with van der Waals surface area (Å²) in [6.45, 7) is 2.26. The molecular formula is C24H22ClN9O. The zero-order chi connectivity index (χ0) is 24.4. The van der Waals surface area contributed by atoms with Crippen LogP contribution in [-0.2, 0) is 13.0 Å². The third-order valence-corrected chi connectivity index (χ3v) is 5.74. The Morgan fingerprint density at radius 3 is 2.80 bits per heavy atom. The molecule has 1 atom stereocenters. The molecule has 0 saturated carbocycles. The summed E-state index contributed by atoms with van der Waals surface area (Å²) in [5.74, 6) is 0. The Hall–Kier alpha value is -4.31. The molecular weight excluding hydrogens is 466 g/mol. The van der Waals surface area contributed by atoms with Crippen LogP contribution in [0.5, 0.6) is 0 Å². The molecule has 0 aliphatic heterocycles. The fourth-order valence-corrected chi connectivity index (χ4v) is 4.27. The van der Waals surface area contributed by atoms with Crippen LogP contribution < -0.4 is 11.1 Å². The first kappa shape index (κ1) is 22.5. The van der Waals surface area contributed by atoms with Gasteiger partial charge in [0.1, 0.15) is 5.15 Å². The van der Waals surface area contributed by atoms with E-state index in [0.717, 1.165) is 27.8 Å². The predicted octanol–water partition coefficient (Wildman–Crippen LogP) is 3.37. The molecule has 4 aromatic heterocycles. The van der Waals surface area contributed by atoms with Gasteiger partial charge in [0, 0.05) is 29.9 Å². The quantitative estimate of drug-likeness (QED) is 0.338. The van der Waals surface area contributed by atoms with Crippen LogP contribution in [0.4, 0.5) is 4.79 Å². The molecule has 0 spiro atoms. The van der Waals surface area contributed by atoms with E-state index in [-0.39, 0.29) is 6.04 Å². The van der Waals surface area contributed by atoms with Crippen molar-refractivity contribution in [2.45, 2.75) is 25.9 Å². The lowest BCUT2D eigenvalue weighted by Crippen LogP contribution is -2.34. The monoisotopic (exact) mass is 487 g/mol. The van der Waals surface area contributed by atoms with Gasteiger partial charge in [-0.1, -0.05) is 47.1 Å². The lowest BCUT2D eigenvalue weighted by molar-refractivity contribution is 0.245. The zero-order valence-electron chi connectivity index (χ0n) is 18.8. The van der Waals surface area contributed by atoms with Gasteiger partial charge >= 0.3 is 6.03 Å². The summed E-state index contributed by atoms with van der Waals surface area (Å²) in [6, 6.07) is 14.3. The number of amides is 2. The molecule has 1 aromatic carbocycles. The van der Waals surface area contributed by atoms with Gasteiger partial charge in [0.15, 0.2) is 0 Å². The lowest BCUT2D eigenvalue weighted by Gasteiger charge is -2.16. The highest BCUT2D eigenvalue weighted by Gasteiger charge is 2.18. The van der Waals surface area contributed by atoms with Gasteiger partial charge < -0.3 is 11.1 Å². The van der Waals surface area contributed by atoms with E-state index in [9.17, 15) is 4.79 Å². The molecule has 176 valence electrons. The first-order chi connectivity index (χ1) is 17.0. The second-order valence-corrected chi connectivity index (χ2v) is 8.51. The molecule has 10 nitrogen and oxygen atoms in total. The topological polar surface area (TPSA) is 129 Å². The molecule has 5 aromatic rings. The van der Waals surface area contributed by atoms with Gasteiger partial charge in [-0.05, 0) is 30.7 Å². The Bertz CT molecular complexity index is 1500. The van der Waals surface area contributed by atoms with Crippen molar-refractivity contribution in [2.24, 2.45) is 5.73 Å². The van der Waals surface area contributed by atoms with E-state index in [1.807, 2.05) is 60.3 Å². The first-order valence-corrected chi connectivity index (χ1v) is 11.3. The Morgan fingerprint density at radius 2 is 2.03 bits per heavy atom. The number of nitrogens with two attached hydrogens (primary N) is 1. The predicted molar refractivity (Wildman–Crippen MR) is 131 cm³/mol. The molecule has 0 fully saturated rings. The van der Waals surface area contributed by atoms with Crippen molar-refractivity contribution in [2.75, 3.05) is 0 Å². The highest BCUT2D eigenvalue weighted by atomic mass is 35.5. The minimum atomic E-state index is -0.601. The van der Waals surface area contributed by atoms with E-state index in [0.29, 0.717) is 29.5 Å². The van der Waals surface area contributed by atoms with Crippen molar-refractivity contribution in [3.05, 3.63) is 94.9 Å². The number of nitrogens with one attached hydrogen (secondary N) is 1. The minimum Gasteiger partial charge on any atom is -0.352 e. The molecule has 5 rings (SSSR count). The van der Waals surface area contributed by atoms with Crippen LogP contribution in [0.3, 0.4) is 0 Å². The largest absolute Gasteiger partial charge is 0.352 e. The van der Waals surface area contributed by atoms with Crippen LogP contribution in [0, 0.1) is 6.92 Å². The molecule has 0 aliphatic rings. The van der Waals surface area contributed by atoms with Crippen molar-refractivity contribution in [3.8, 4) is 5.69 Å². The average molecular weight is 488 g/mol. The summed E-state index contributed by atoms with van der Waals surface area (Å²) in [4.78, 5) is 20.4. The van der Waals surface area contributed by atoms with Crippen molar-refractivity contribution in [3.63, 3.8) is 0 Å². The van der Waals surface area contributed by atoms with Crippen molar-refractivity contribution < 1.29 is 4.79 Å². The van der Waals surface area contributed by atoms with Crippen molar-refractivity contribution >= 4 is 28.5 Å². The maximum absolute atomic E-state index is 11.6. The number of nitrogens with zero attached hydrogens (tertiary/aromatic N) is 7. The number of pyridine rings is 2. The second-order valence-electron chi connectivity index (χ2n) is 8.12. The summed E-state index contributed by atoms with van der Waals surface area (Å²) in [5.41, 5.74) is 10.3. The van der Waals surface area contributed by atoms with Gasteiger partial charge in [-0.15, -0.1) is 5.10 Å². The number of aromatic nitrogens is 7. The summed E-state index contributed by atoms with van der Waals surface area (Å²) >= 11 is 6.31. The number of aryl methyl sites for hydroxylation is 1. The maximum atomic E-state index is 11.6. The van der Waals surface area contributed by atoms with Crippen molar-refractivity contribution in [1.82, 2.24) is 40.1 Å². The molecule has 3 N–H and O–H groups in total. The standard InChI is InChI=1S/C24H22ClN9O/c1-15-9-19(7-8-27-15)34-23-17(12-28-34)10-22(25)29-21(23)14-33-13-18(31-32-33)11-20(30-24(26)35)16-5-3-2-4-6-16/h2-10,12-13,20H,11,14H2,1H3,(H3,26,30,35). The Morgan fingerprint density at radius 1 is 1.20 bits per heavy atom. The summed E-state index contributed by atoms with van der Waals surface area (Å²) in [5, 5.41) is 17.1. The van der Waals surface area contributed by atoms with Gasteiger partial charge in [0.25, 0.3) is 0 Å². The average Bonchev–Trinajstić information content (AvgIpc) is 3.46. The van der Waals surface area contributed by atoms with Crippen LogP contribution in [0.1, 0.15) is 28.7 Å². The second kappa shape index (κ2) is 9.51. The van der Waals surface area contributed by atoms with E-state index in [4.69, 9.17) is 17.3 Å². The lowest BCUT2D eigenvalue weighted by atomic mass is 10.0. The molecule has 0 saturated heterocycles. The molecule has 0 aliphatic carbocycles. The number of hydrogen-bond acceptors (Lipinski definition) is 6. The molecule has 4 heterocycles. The van der Waals surface area contributed by atoms with E-state index < -0.39 is 6.03 Å². The SMILES string of the molecule is Cc1cc(-n2ncc3cc(Cl)nc(Cn4cc(CC(NC(N)=O)c5ccccc5)nn4)c32)ccn1. The highest BCUT2D eigenvalue weighted by molar-refractivity contribution is 6.30. The fraction of sp³-hybridized carbons (Fsp3) is 0.167. The molecule has 35 heavy (non-hydrogen) atoms. The van der Waals surface area contributed by atoms with Crippen LogP contribution in [-0.4, -0.2) is 40.8 Å². The van der Waals surface area contributed by atoms with Crippen LogP contribution in [0.15, 0.2) is 67.1 Å². The smallest absolute Gasteiger partial charge is 0.312 e. The van der Waals surface area contributed by atoms with Crippen LogP contribution in [0.2, 0.25) is 5.15 Å². The number of rotatable bonds is 7. The Kier molecular flexibility index (Phi) is 6.11. The van der Waals surface area contributed by atoms with Gasteiger partial charge in [-0.3, -0.25) is 4.98 Å². The zero-order valence-corrected chi connectivity index (χ0v) is 19.6. The Balaban J connectivity index is 1.45. The summed E-state index contributed by atoms with van der Waals surface area (Å²) in [6.07, 6.45) is 5.76. The molecule has 11 heteroatoms. The molecule has 1 unspecified atom stereocenters. The number of halogens is 1. The highest BCUT2D eigenvalue weighted by Crippen LogP contribution is 2.25. The van der Waals surface area contributed by atoms with Gasteiger partial charge in [0.05, 0.1) is 41.4 Å². The van der Waals surface area contributed by atoms with Gasteiger partial charge in [0.2, 0.25) is 0 Å². The molecule has 0 bridgehead atoms. The summed E-state index contributed by atoms with van der Waals surface area (Å²) in [7, 11) is 0. The third kappa shape index (κ3) is 4.97. The number of primary amides is 1. The van der Waals surface area contributed by atoms with E-state index >= 15 is 0 Å². The number of fused-ring (bicyclic) bond motifs is 1. The van der Waals surface area contributed by atoms with E-state index in [2.05, 4.69) is 30.7 Å². The third-order valence-electron chi connectivity index (χ3n) is 5.54. The number of hydrogen-bond donors (Lipinski definition) is 2. The number of carbonyl (C=O) groups is 1. The minimum absolute atomic E-state index is 0.328. The van der Waals surface area contributed by atoms with Gasteiger partial charge in [-0.25, -0.2) is 19.1 Å². The van der Waals surface area contributed by atoms with Crippen LogP contribution >= 0.6 is 11.6 Å². The van der Waals surface area contributed by atoms with E-state index in [1.165, 1.54) is 0 Å². The molecule has 0 radical (unpaired) electrons. The normalized spacial score (nSPS) is 12.1. The van der Waals surface area contributed by atoms with Gasteiger partial charge in [-0.2, -0.15) is 5.10 Å². The first-order valence-electron chi connectivity index (χ1n) is 10.9. The number of urea groups is 1. The number of benzene rings is 1. The van der Waals surface area contributed by atoms with Crippen LogP contribution in [0.25, 0.3) is 16.6 Å². The maximum Gasteiger partial charge on any atom is 0.312 e. The van der Waals surface area contributed by atoms with E-state index in [1.54, 1.807) is 23.1 Å². The molecule has 2 amide bonds. The number of carbonyl (C=O) groups excluding carboxylic acids is 1. The summed E-state index contributed by atoms with van der Waals surface area (Å²) < 4.78 is 3.51. The van der Waals surface area contributed by atoms with Crippen molar-refractivity contribution in [1.29, 1.82) is 0 Å². The Labute approximate surface area is 205 Å².